The Morgan fingerprint density at radius 2 is 1.97 bits per heavy atom. The largest absolute Gasteiger partial charge is 0.495 e. The first-order valence-corrected chi connectivity index (χ1v) is 11.9. The average Bonchev–Trinajstić information content (AvgIpc) is 3.18. The number of ether oxygens (including phenoxy) is 1. The molecule has 7 heteroatoms. The number of thiophene rings is 1. The number of fused-ring (bicyclic) bond motifs is 4. The number of aromatic nitrogens is 2. The van der Waals surface area contributed by atoms with Crippen LogP contribution in [-0.4, -0.2) is 29.1 Å². The Morgan fingerprint density at radius 1 is 1.16 bits per heavy atom. The first-order valence-electron chi connectivity index (χ1n) is 11.0. The molecule has 1 aromatic carbocycles. The predicted octanol–water partition coefficient (Wildman–Crippen LogP) is 4.02. The van der Waals surface area contributed by atoms with Crippen LogP contribution in [0.15, 0.2) is 23.3 Å². The molecule has 0 saturated carbocycles. The van der Waals surface area contributed by atoms with Crippen LogP contribution in [0, 0.1) is 6.92 Å². The van der Waals surface area contributed by atoms with Gasteiger partial charge in [-0.1, -0.05) is 6.07 Å². The summed E-state index contributed by atoms with van der Waals surface area (Å²) in [6.45, 7) is 3.09. The molecule has 2 aromatic heterocycles. The molecule has 0 spiro atoms. The molecule has 162 valence electrons. The van der Waals surface area contributed by atoms with Gasteiger partial charge in [-0.25, -0.2) is 4.98 Å². The quantitative estimate of drug-likeness (QED) is 0.618. The summed E-state index contributed by atoms with van der Waals surface area (Å²) in [6, 6.07) is 3.98. The Balaban J connectivity index is 1.41. The molecule has 5 rings (SSSR count). The molecule has 31 heavy (non-hydrogen) atoms. The fraction of sp³-hybridized carbons (Fsp3) is 0.458. The summed E-state index contributed by atoms with van der Waals surface area (Å²) in [5.41, 5.74) is 4.44. The lowest BCUT2D eigenvalue weighted by Crippen LogP contribution is -2.37. The number of carbonyl (C=O) groups excluding carboxylic acids is 1. The number of amides is 1. The maximum absolute atomic E-state index is 13.2. The van der Waals surface area contributed by atoms with E-state index in [-0.39, 0.29) is 17.9 Å². The van der Waals surface area contributed by atoms with Crippen molar-refractivity contribution in [3.8, 4) is 5.75 Å². The van der Waals surface area contributed by atoms with E-state index in [1.807, 2.05) is 17.0 Å². The van der Waals surface area contributed by atoms with Crippen molar-refractivity contribution in [3.05, 3.63) is 50.4 Å². The van der Waals surface area contributed by atoms with Crippen molar-refractivity contribution >= 4 is 33.1 Å². The smallest absolute Gasteiger partial charge is 0.262 e. The van der Waals surface area contributed by atoms with E-state index in [9.17, 15) is 9.59 Å². The number of anilines is 1. The number of hydrogen-bond donors (Lipinski definition) is 0. The molecule has 0 bridgehead atoms. The molecule has 1 amide bonds. The van der Waals surface area contributed by atoms with E-state index in [0.29, 0.717) is 13.1 Å². The van der Waals surface area contributed by atoms with Crippen LogP contribution >= 0.6 is 11.3 Å². The van der Waals surface area contributed by atoms with Gasteiger partial charge < -0.3 is 9.64 Å². The second kappa shape index (κ2) is 8.11. The summed E-state index contributed by atoms with van der Waals surface area (Å²) in [5.74, 6) is 0.753. The fourth-order valence-electron chi connectivity index (χ4n) is 4.96. The number of nitrogens with zero attached hydrogens (tertiary/aromatic N) is 3. The highest BCUT2D eigenvalue weighted by atomic mass is 32.1. The lowest BCUT2D eigenvalue weighted by Gasteiger charge is -2.32. The van der Waals surface area contributed by atoms with E-state index in [4.69, 9.17) is 4.74 Å². The monoisotopic (exact) mass is 437 g/mol. The number of hydrogen-bond acceptors (Lipinski definition) is 5. The van der Waals surface area contributed by atoms with Crippen LogP contribution in [0.25, 0.3) is 10.2 Å². The maximum atomic E-state index is 13.2. The minimum atomic E-state index is -0.00957. The van der Waals surface area contributed by atoms with Gasteiger partial charge in [0, 0.05) is 24.4 Å². The Kier molecular flexibility index (Phi) is 5.30. The van der Waals surface area contributed by atoms with Crippen molar-refractivity contribution in [2.75, 3.05) is 18.6 Å². The Hall–Kier alpha value is -2.67. The van der Waals surface area contributed by atoms with Crippen LogP contribution in [0.2, 0.25) is 0 Å². The van der Waals surface area contributed by atoms with Crippen LogP contribution in [0.5, 0.6) is 5.75 Å². The Labute approximate surface area is 185 Å². The third-order valence-corrected chi connectivity index (χ3v) is 7.79. The van der Waals surface area contributed by atoms with E-state index in [0.717, 1.165) is 53.8 Å². The molecule has 6 nitrogen and oxygen atoms in total. The second-order valence-electron chi connectivity index (χ2n) is 8.44. The summed E-state index contributed by atoms with van der Waals surface area (Å²) < 4.78 is 7.18. The van der Waals surface area contributed by atoms with Gasteiger partial charge in [-0.15, -0.1) is 11.3 Å². The summed E-state index contributed by atoms with van der Waals surface area (Å²) in [5, 5.41) is 0.773. The molecule has 0 unspecified atom stereocenters. The van der Waals surface area contributed by atoms with E-state index in [1.54, 1.807) is 29.3 Å². The SMILES string of the molecule is COc1ccc(C)c2c1N(C(=O)CCn1cnc3sc4c(c3c1=O)CCCC4)CCC2. The van der Waals surface area contributed by atoms with Gasteiger partial charge in [0.15, 0.2) is 0 Å². The highest BCUT2D eigenvalue weighted by Gasteiger charge is 2.27. The van der Waals surface area contributed by atoms with E-state index < -0.39 is 0 Å². The van der Waals surface area contributed by atoms with Crippen molar-refractivity contribution < 1.29 is 9.53 Å². The number of carbonyl (C=O) groups is 1. The summed E-state index contributed by atoms with van der Waals surface area (Å²) >= 11 is 1.65. The number of aryl methyl sites for hydroxylation is 4. The Bertz CT molecular complexity index is 1230. The summed E-state index contributed by atoms with van der Waals surface area (Å²) in [4.78, 5) is 34.9. The van der Waals surface area contributed by atoms with Gasteiger partial charge >= 0.3 is 0 Å². The van der Waals surface area contributed by atoms with Crippen molar-refractivity contribution in [1.82, 2.24) is 9.55 Å². The first-order chi connectivity index (χ1) is 15.1. The number of benzene rings is 1. The zero-order valence-corrected chi connectivity index (χ0v) is 18.9. The maximum Gasteiger partial charge on any atom is 0.262 e. The van der Waals surface area contributed by atoms with Gasteiger partial charge in [-0.3, -0.25) is 14.2 Å². The molecule has 3 heterocycles. The molecular formula is C24H27N3O3S. The third kappa shape index (κ3) is 3.45. The topological polar surface area (TPSA) is 64.4 Å². The fourth-order valence-corrected chi connectivity index (χ4v) is 6.18. The normalized spacial score (nSPS) is 15.6. The highest BCUT2D eigenvalue weighted by molar-refractivity contribution is 7.18. The summed E-state index contributed by atoms with van der Waals surface area (Å²) in [7, 11) is 1.64. The molecule has 0 saturated heterocycles. The molecule has 1 aliphatic heterocycles. The van der Waals surface area contributed by atoms with Crippen molar-refractivity contribution in [1.29, 1.82) is 0 Å². The lowest BCUT2D eigenvalue weighted by atomic mass is 9.96. The van der Waals surface area contributed by atoms with Crippen LogP contribution in [-0.2, 0) is 30.6 Å². The molecule has 0 atom stereocenters. The zero-order valence-electron chi connectivity index (χ0n) is 18.1. The lowest BCUT2D eigenvalue weighted by molar-refractivity contribution is -0.118. The van der Waals surface area contributed by atoms with Crippen molar-refractivity contribution in [3.63, 3.8) is 0 Å². The Morgan fingerprint density at radius 3 is 2.81 bits per heavy atom. The van der Waals surface area contributed by atoms with Gasteiger partial charge in [0.05, 0.1) is 24.5 Å². The average molecular weight is 438 g/mol. The molecule has 2 aliphatic rings. The molecule has 0 fully saturated rings. The van der Waals surface area contributed by atoms with Crippen LogP contribution in [0.1, 0.15) is 47.3 Å². The molecule has 3 aromatic rings. The van der Waals surface area contributed by atoms with Gasteiger partial charge in [-0.2, -0.15) is 0 Å². The minimum Gasteiger partial charge on any atom is -0.495 e. The van der Waals surface area contributed by atoms with Crippen molar-refractivity contribution in [2.24, 2.45) is 0 Å². The van der Waals surface area contributed by atoms with Crippen LogP contribution in [0.3, 0.4) is 0 Å². The molecule has 1 aliphatic carbocycles. The number of methoxy groups -OCH3 is 1. The predicted molar refractivity (Wildman–Crippen MR) is 124 cm³/mol. The molecule has 0 N–H and O–H groups in total. The first kappa shape index (κ1) is 20.2. The van der Waals surface area contributed by atoms with Crippen molar-refractivity contribution in [2.45, 2.75) is 58.4 Å². The van der Waals surface area contributed by atoms with Crippen LogP contribution < -0.4 is 15.2 Å². The van der Waals surface area contributed by atoms with E-state index in [2.05, 4.69) is 11.9 Å². The standard InChI is InChI=1S/C24H27N3O3S/c1-15-9-10-18(30-2)22-16(15)7-5-12-27(22)20(28)11-13-26-14-25-23-21(24(26)29)17-6-3-4-8-19(17)31-23/h9-10,14H,3-8,11-13H2,1-2H3. The van der Waals surface area contributed by atoms with Gasteiger partial charge in [0.1, 0.15) is 10.6 Å². The number of rotatable bonds is 4. The van der Waals surface area contributed by atoms with E-state index >= 15 is 0 Å². The summed E-state index contributed by atoms with van der Waals surface area (Å²) in [6.07, 6.45) is 8.06. The zero-order chi connectivity index (χ0) is 21.5. The second-order valence-corrected chi connectivity index (χ2v) is 9.53. The highest BCUT2D eigenvalue weighted by Crippen LogP contribution is 2.38. The minimum absolute atomic E-state index is 0.00957. The van der Waals surface area contributed by atoms with E-state index in [1.165, 1.54) is 28.0 Å². The van der Waals surface area contributed by atoms with Gasteiger partial charge in [0.2, 0.25) is 5.91 Å². The van der Waals surface area contributed by atoms with Gasteiger partial charge in [0.25, 0.3) is 5.56 Å². The third-order valence-electron chi connectivity index (χ3n) is 6.59. The molecule has 0 radical (unpaired) electrons. The molecular weight excluding hydrogens is 410 g/mol. The van der Waals surface area contributed by atoms with Gasteiger partial charge in [-0.05, 0) is 68.2 Å². The van der Waals surface area contributed by atoms with Crippen LogP contribution in [0.4, 0.5) is 5.69 Å².